The van der Waals surface area contributed by atoms with E-state index in [-0.39, 0.29) is 6.10 Å². The highest BCUT2D eigenvalue weighted by atomic mass is 16.5. The average Bonchev–Trinajstić information content (AvgIpc) is 2.67. The Bertz CT molecular complexity index is 290. The van der Waals surface area contributed by atoms with Gasteiger partial charge in [0.15, 0.2) is 6.29 Å². The van der Waals surface area contributed by atoms with E-state index in [0.29, 0.717) is 5.69 Å². The normalized spacial score (nSPS) is 22.9. The lowest BCUT2D eigenvalue weighted by Gasteiger charge is -2.21. The fraction of sp³-hybridized carbons (Fsp3) is 0.556. The highest BCUT2D eigenvalue weighted by Crippen LogP contribution is 2.28. The molecule has 0 radical (unpaired) electrons. The molecule has 1 aliphatic heterocycles. The summed E-state index contributed by atoms with van der Waals surface area (Å²) in [5, 5.41) is 6.49. The minimum Gasteiger partial charge on any atom is -0.373 e. The number of ether oxygens (including phenoxy) is 1. The number of H-pyrrole nitrogens is 1. The van der Waals surface area contributed by atoms with E-state index in [4.69, 9.17) is 4.74 Å². The second-order valence-corrected chi connectivity index (χ2v) is 3.21. The van der Waals surface area contributed by atoms with Gasteiger partial charge in [-0.25, -0.2) is 0 Å². The van der Waals surface area contributed by atoms with Crippen molar-refractivity contribution in [2.24, 2.45) is 0 Å². The van der Waals surface area contributed by atoms with E-state index >= 15 is 0 Å². The van der Waals surface area contributed by atoms with E-state index in [1.165, 1.54) is 0 Å². The molecule has 0 bridgehead atoms. The standard InChI is InChI=1S/C9H12N2O2/c12-6-8-7(5-10-11-8)9-3-1-2-4-13-9/h5-6,9H,1-4H2,(H,10,11). The predicted octanol–water partition coefficient (Wildman–Crippen LogP) is 1.46. The van der Waals surface area contributed by atoms with E-state index in [9.17, 15) is 4.79 Å². The van der Waals surface area contributed by atoms with Gasteiger partial charge in [0, 0.05) is 12.2 Å². The molecule has 1 saturated heterocycles. The Balaban J connectivity index is 2.17. The summed E-state index contributed by atoms with van der Waals surface area (Å²) in [6, 6.07) is 0. The molecule has 4 heteroatoms. The van der Waals surface area contributed by atoms with Crippen molar-refractivity contribution in [2.75, 3.05) is 6.61 Å². The molecule has 1 aromatic rings. The first-order chi connectivity index (χ1) is 6.42. The van der Waals surface area contributed by atoms with Crippen molar-refractivity contribution in [3.8, 4) is 0 Å². The number of aromatic amines is 1. The lowest BCUT2D eigenvalue weighted by molar-refractivity contribution is 0.0146. The highest BCUT2D eigenvalue weighted by molar-refractivity contribution is 5.74. The molecular formula is C9H12N2O2. The molecule has 1 aromatic heterocycles. The van der Waals surface area contributed by atoms with Crippen LogP contribution in [-0.2, 0) is 4.74 Å². The maximum atomic E-state index is 10.6. The van der Waals surface area contributed by atoms with Crippen molar-refractivity contribution < 1.29 is 9.53 Å². The van der Waals surface area contributed by atoms with E-state index in [0.717, 1.165) is 37.7 Å². The third kappa shape index (κ3) is 1.62. The summed E-state index contributed by atoms with van der Waals surface area (Å²) in [4.78, 5) is 10.6. The Morgan fingerprint density at radius 2 is 2.54 bits per heavy atom. The molecule has 1 fully saturated rings. The SMILES string of the molecule is O=Cc1[nH]ncc1C1CCCCO1. The third-order valence-electron chi connectivity index (χ3n) is 2.34. The Morgan fingerprint density at radius 1 is 1.62 bits per heavy atom. The number of nitrogens with one attached hydrogen (secondary N) is 1. The van der Waals surface area contributed by atoms with Gasteiger partial charge in [-0.2, -0.15) is 5.10 Å². The van der Waals surface area contributed by atoms with Gasteiger partial charge in [0.1, 0.15) is 5.69 Å². The van der Waals surface area contributed by atoms with E-state index in [2.05, 4.69) is 10.2 Å². The second kappa shape index (κ2) is 3.70. The minimum atomic E-state index is 0.0627. The number of aldehydes is 1. The van der Waals surface area contributed by atoms with Crippen LogP contribution in [-0.4, -0.2) is 23.1 Å². The van der Waals surface area contributed by atoms with Crippen molar-refractivity contribution >= 4 is 6.29 Å². The molecule has 1 N–H and O–H groups in total. The number of carbonyl (C=O) groups is 1. The molecule has 4 nitrogen and oxygen atoms in total. The van der Waals surface area contributed by atoms with Crippen LogP contribution in [0.15, 0.2) is 6.20 Å². The van der Waals surface area contributed by atoms with Crippen LogP contribution in [0, 0.1) is 0 Å². The molecule has 13 heavy (non-hydrogen) atoms. The largest absolute Gasteiger partial charge is 0.373 e. The molecule has 1 atom stereocenters. The number of rotatable bonds is 2. The number of aromatic nitrogens is 2. The zero-order valence-corrected chi connectivity index (χ0v) is 7.32. The number of hydrogen-bond acceptors (Lipinski definition) is 3. The molecule has 2 heterocycles. The first kappa shape index (κ1) is 8.44. The first-order valence-electron chi connectivity index (χ1n) is 4.52. The molecule has 0 aromatic carbocycles. The van der Waals surface area contributed by atoms with Gasteiger partial charge < -0.3 is 4.74 Å². The first-order valence-corrected chi connectivity index (χ1v) is 4.52. The van der Waals surface area contributed by atoms with Crippen molar-refractivity contribution in [1.29, 1.82) is 0 Å². The van der Waals surface area contributed by atoms with Crippen molar-refractivity contribution in [3.63, 3.8) is 0 Å². The third-order valence-corrected chi connectivity index (χ3v) is 2.34. The van der Waals surface area contributed by atoms with Crippen LogP contribution < -0.4 is 0 Å². The summed E-state index contributed by atoms with van der Waals surface area (Å²) in [6.07, 6.45) is 5.80. The van der Waals surface area contributed by atoms with Crippen molar-refractivity contribution in [3.05, 3.63) is 17.5 Å². The lowest BCUT2D eigenvalue weighted by Crippen LogP contribution is -2.12. The molecule has 1 aliphatic rings. The van der Waals surface area contributed by atoms with Crippen LogP contribution in [0.3, 0.4) is 0 Å². The van der Waals surface area contributed by atoms with Crippen LogP contribution in [0.4, 0.5) is 0 Å². The zero-order chi connectivity index (χ0) is 9.10. The second-order valence-electron chi connectivity index (χ2n) is 3.21. The van der Waals surface area contributed by atoms with Crippen LogP contribution in [0.25, 0.3) is 0 Å². The highest BCUT2D eigenvalue weighted by Gasteiger charge is 2.19. The Labute approximate surface area is 76.3 Å². The monoisotopic (exact) mass is 180 g/mol. The van der Waals surface area contributed by atoms with Crippen LogP contribution in [0.5, 0.6) is 0 Å². The molecular weight excluding hydrogens is 168 g/mol. The quantitative estimate of drug-likeness (QED) is 0.701. The smallest absolute Gasteiger partial charge is 0.168 e. The summed E-state index contributed by atoms with van der Waals surface area (Å²) in [5.41, 5.74) is 1.45. The van der Waals surface area contributed by atoms with Crippen molar-refractivity contribution in [2.45, 2.75) is 25.4 Å². The van der Waals surface area contributed by atoms with Gasteiger partial charge in [-0.05, 0) is 19.3 Å². The molecule has 70 valence electrons. The molecule has 0 saturated carbocycles. The van der Waals surface area contributed by atoms with E-state index in [1.807, 2.05) is 0 Å². The van der Waals surface area contributed by atoms with Gasteiger partial charge in [-0.3, -0.25) is 9.89 Å². The maximum absolute atomic E-state index is 10.6. The number of hydrogen-bond donors (Lipinski definition) is 1. The summed E-state index contributed by atoms with van der Waals surface area (Å²) < 4.78 is 5.55. The zero-order valence-electron chi connectivity index (χ0n) is 7.32. The number of carbonyl (C=O) groups excluding carboxylic acids is 1. The van der Waals surface area contributed by atoms with Gasteiger partial charge >= 0.3 is 0 Å². The number of nitrogens with zero attached hydrogens (tertiary/aromatic N) is 1. The van der Waals surface area contributed by atoms with Gasteiger partial charge in [-0.15, -0.1) is 0 Å². The summed E-state index contributed by atoms with van der Waals surface area (Å²) >= 11 is 0. The Kier molecular flexibility index (Phi) is 2.40. The fourth-order valence-corrected chi connectivity index (χ4v) is 1.64. The Hall–Kier alpha value is -1.16. The predicted molar refractivity (Wildman–Crippen MR) is 46.5 cm³/mol. The van der Waals surface area contributed by atoms with Crippen LogP contribution in [0.1, 0.15) is 41.4 Å². The average molecular weight is 180 g/mol. The van der Waals surface area contributed by atoms with Gasteiger partial charge in [0.2, 0.25) is 0 Å². The van der Waals surface area contributed by atoms with E-state index < -0.39 is 0 Å². The van der Waals surface area contributed by atoms with Crippen LogP contribution >= 0.6 is 0 Å². The minimum absolute atomic E-state index is 0.0627. The summed E-state index contributed by atoms with van der Waals surface area (Å²) in [6.45, 7) is 0.786. The molecule has 0 spiro atoms. The lowest BCUT2D eigenvalue weighted by atomic mass is 10.0. The van der Waals surface area contributed by atoms with Crippen LogP contribution in [0.2, 0.25) is 0 Å². The van der Waals surface area contributed by atoms with Gasteiger partial charge in [0.25, 0.3) is 0 Å². The molecule has 1 unspecified atom stereocenters. The summed E-state index contributed by atoms with van der Waals surface area (Å²) in [7, 11) is 0. The molecule has 0 amide bonds. The van der Waals surface area contributed by atoms with E-state index in [1.54, 1.807) is 6.20 Å². The van der Waals surface area contributed by atoms with Gasteiger partial charge in [-0.1, -0.05) is 0 Å². The van der Waals surface area contributed by atoms with Gasteiger partial charge in [0.05, 0.1) is 12.3 Å². The molecule has 0 aliphatic carbocycles. The fourth-order valence-electron chi connectivity index (χ4n) is 1.64. The maximum Gasteiger partial charge on any atom is 0.168 e. The van der Waals surface area contributed by atoms with Crippen molar-refractivity contribution in [1.82, 2.24) is 10.2 Å². The summed E-state index contributed by atoms with van der Waals surface area (Å²) in [5.74, 6) is 0. The Morgan fingerprint density at radius 3 is 3.23 bits per heavy atom. The molecule has 2 rings (SSSR count). The topological polar surface area (TPSA) is 55.0 Å².